The first kappa shape index (κ1) is 19.7. The first-order chi connectivity index (χ1) is 7.90. The van der Waals surface area contributed by atoms with E-state index in [2.05, 4.69) is 10.6 Å². The summed E-state index contributed by atoms with van der Waals surface area (Å²) in [5.41, 5.74) is 11.8. The molecule has 1 atom stereocenters. The van der Waals surface area contributed by atoms with Crippen LogP contribution in [-0.4, -0.2) is 29.0 Å². The van der Waals surface area contributed by atoms with E-state index in [1.807, 2.05) is 6.92 Å². The molecule has 0 saturated carbocycles. The molecule has 0 saturated heterocycles. The van der Waals surface area contributed by atoms with E-state index in [-0.39, 0.29) is 42.7 Å². The van der Waals surface area contributed by atoms with Crippen molar-refractivity contribution < 1.29 is 4.79 Å². The lowest BCUT2D eigenvalue weighted by atomic mass is 10.3. The second-order valence-corrected chi connectivity index (χ2v) is 3.94. The Morgan fingerprint density at radius 3 is 2.53 bits per heavy atom. The van der Waals surface area contributed by atoms with Crippen LogP contribution >= 0.6 is 24.8 Å². The third-order valence-corrected chi connectivity index (χ3v) is 2.23. The SMILES string of the molecule is CC(CNC(=O)c1cc(N)cn1C)NC(=N)N.Cl.Cl. The van der Waals surface area contributed by atoms with Gasteiger partial charge in [-0.2, -0.15) is 0 Å². The van der Waals surface area contributed by atoms with E-state index in [9.17, 15) is 4.79 Å². The minimum Gasteiger partial charge on any atom is -0.397 e. The first-order valence-corrected chi connectivity index (χ1v) is 5.20. The van der Waals surface area contributed by atoms with Crippen LogP contribution in [0.5, 0.6) is 0 Å². The van der Waals surface area contributed by atoms with Gasteiger partial charge >= 0.3 is 0 Å². The van der Waals surface area contributed by atoms with Crippen LogP contribution in [0.4, 0.5) is 5.69 Å². The topological polar surface area (TPSA) is 122 Å². The van der Waals surface area contributed by atoms with E-state index >= 15 is 0 Å². The fraction of sp³-hybridized carbons (Fsp3) is 0.400. The number of nitrogen functional groups attached to an aromatic ring is 1. The number of hydrogen-bond donors (Lipinski definition) is 5. The van der Waals surface area contributed by atoms with E-state index in [1.54, 1.807) is 23.9 Å². The summed E-state index contributed by atoms with van der Waals surface area (Å²) >= 11 is 0. The Balaban J connectivity index is 0. The highest BCUT2D eigenvalue weighted by Gasteiger charge is 2.11. The molecule has 1 unspecified atom stereocenters. The minimum atomic E-state index is -0.207. The summed E-state index contributed by atoms with van der Waals surface area (Å²) in [7, 11) is 1.75. The second-order valence-electron chi connectivity index (χ2n) is 3.94. The lowest BCUT2D eigenvalue weighted by molar-refractivity contribution is 0.0943. The van der Waals surface area contributed by atoms with Gasteiger partial charge in [0.05, 0.1) is 5.69 Å². The van der Waals surface area contributed by atoms with E-state index in [4.69, 9.17) is 16.9 Å². The van der Waals surface area contributed by atoms with Crippen LogP contribution in [0.25, 0.3) is 0 Å². The molecule has 7 nitrogen and oxygen atoms in total. The molecular weight excluding hydrogens is 291 g/mol. The molecular formula is C10H20Cl2N6O. The van der Waals surface area contributed by atoms with Crippen LogP contribution in [0.2, 0.25) is 0 Å². The first-order valence-electron chi connectivity index (χ1n) is 5.20. The van der Waals surface area contributed by atoms with Gasteiger partial charge in [0.1, 0.15) is 5.69 Å². The lowest BCUT2D eigenvalue weighted by Gasteiger charge is -2.14. The molecule has 1 rings (SSSR count). The quantitative estimate of drug-likeness (QED) is 0.398. The van der Waals surface area contributed by atoms with E-state index in [0.29, 0.717) is 17.9 Å². The zero-order chi connectivity index (χ0) is 13.0. The van der Waals surface area contributed by atoms with Crippen molar-refractivity contribution in [3.8, 4) is 0 Å². The van der Waals surface area contributed by atoms with Gasteiger partial charge in [0.25, 0.3) is 5.91 Å². The molecule has 0 aliphatic carbocycles. The number of halogens is 2. The summed E-state index contributed by atoms with van der Waals surface area (Å²) in [6.07, 6.45) is 1.67. The number of nitrogens with zero attached hydrogens (tertiary/aromatic N) is 1. The molecule has 0 aliphatic heterocycles. The van der Waals surface area contributed by atoms with Crippen LogP contribution in [-0.2, 0) is 7.05 Å². The summed E-state index contributed by atoms with van der Waals surface area (Å²) in [6.45, 7) is 2.20. The average molecular weight is 311 g/mol. The smallest absolute Gasteiger partial charge is 0.268 e. The molecule has 7 N–H and O–H groups in total. The van der Waals surface area contributed by atoms with Gasteiger partial charge in [-0.05, 0) is 13.0 Å². The van der Waals surface area contributed by atoms with Gasteiger partial charge in [-0.25, -0.2) is 0 Å². The summed E-state index contributed by atoms with van der Waals surface area (Å²) in [6, 6.07) is 1.51. The molecule has 0 bridgehead atoms. The van der Waals surface area contributed by atoms with Gasteiger partial charge in [0.2, 0.25) is 0 Å². The highest BCUT2D eigenvalue weighted by atomic mass is 35.5. The van der Waals surface area contributed by atoms with Gasteiger partial charge in [0, 0.05) is 25.8 Å². The van der Waals surface area contributed by atoms with Crippen molar-refractivity contribution in [3.63, 3.8) is 0 Å². The fourth-order valence-electron chi connectivity index (χ4n) is 1.47. The normalized spacial score (nSPS) is 10.6. The molecule has 9 heteroatoms. The third-order valence-electron chi connectivity index (χ3n) is 2.23. The predicted octanol–water partition coefficient (Wildman–Crippen LogP) is 0.0523. The molecule has 0 radical (unpaired) electrons. The standard InChI is InChI=1S/C10H18N6O.2ClH/c1-6(15-10(12)13)4-14-9(17)8-3-7(11)5-16(8)2;;/h3,5-6H,4,11H2,1-2H3,(H,14,17)(H4,12,13,15);2*1H. The zero-order valence-electron chi connectivity index (χ0n) is 10.8. The Morgan fingerprint density at radius 2 is 2.11 bits per heavy atom. The molecule has 1 amide bonds. The van der Waals surface area contributed by atoms with Crippen molar-refractivity contribution in [1.82, 2.24) is 15.2 Å². The number of aryl methyl sites for hydroxylation is 1. The van der Waals surface area contributed by atoms with Gasteiger partial charge < -0.3 is 26.7 Å². The molecule has 1 heterocycles. The number of rotatable bonds is 4. The van der Waals surface area contributed by atoms with Crippen molar-refractivity contribution in [2.75, 3.05) is 12.3 Å². The fourth-order valence-corrected chi connectivity index (χ4v) is 1.47. The summed E-state index contributed by atoms with van der Waals surface area (Å²) in [5.74, 6) is -0.323. The Hall–Kier alpha value is -1.60. The lowest BCUT2D eigenvalue weighted by Crippen LogP contribution is -2.44. The Bertz CT molecular complexity index is 434. The molecule has 1 aromatic rings. The maximum atomic E-state index is 11.8. The van der Waals surface area contributed by atoms with Gasteiger partial charge in [-0.1, -0.05) is 0 Å². The number of carbonyl (C=O) groups excluding carboxylic acids is 1. The van der Waals surface area contributed by atoms with Gasteiger partial charge in [0.15, 0.2) is 5.96 Å². The van der Waals surface area contributed by atoms with Crippen LogP contribution in [0, 0.1) is 5.41 Å². The maximum Gasteiger partial charge on any atom is 0.268 e. The monoisotopic (exact) mass is 310 g/mol. The van der Waals surface area contributed by atoms with Gasteiger partial charge in [-0.15, -0.1) is 24.8 Å². The molecule has 0 aromatic carbocycles. The van der Waals surface area contributed by atoms with Gasteiger partial charge in [-0.3, -0.25) is 10.2 Å². The number of nitrogens with two attached hydrogens (primary N) is 2. The molecule has 110 valence electrons. The van der Waals surface area contributed by atoms with Crippen molar-refractivity contribution in [1.29, 1.82) is 5.41 Å². The zero-order valence-corrected chi connectivity index (χ0v) is 12.4. The molecule has 0 aliphatic rings. The maximum absolute atomic E-state index is 11.8. The summed E-state index contributed by atoms with van der Waals surface area (Å²) in [5, 5.41) is 12.5. The van der Waals surface area contributed by atoms with Crippen LogP contribution in [0.3, 0.4) is 0 Å². The summed E-state index contributed by atoms with van der Waals surface area (Å²) < 4.78 is 1.66. The highest BCUT2D eigenvalue weighted by molar-refractivity contribution is 5.93. The van der Waals surface area contributed by atoms with E-state index in [0.717, 1.165) is 0 Å². The number of aromatic nitrogens is 1. The minimum absolute atomic E-state index is 0. The van der Waals surface area contributed by atoms with Crippen LogP contribution in [0.15, 0.2) is 12.3 Å². The van der Waals surface area contributed by atoms with Crippen molar-refractivity contribution in [3.05, 3.63) is 18.0 Å². The molecule has 0 spiro atoms. The number of carbonyl (C=O) groups is 1. The van der Waals surface area contributed by atoms with Crippen LogP contribution < -0.4 is 22.1 Å². The Kier molecular flexibility index (Phi) is 8.82. The highest BCUT2D eigenvalue weighted by Crippen LogP contribution is 2.08. The van der Waals surface area contributed by atoms with Crippen molar-refractivity contribution >= 4 is 42.4 Å². The average Bonchev–Trinajstić information content (AvgIpc) is 2.53. The molecule has 19 heavy (non-hydrogen) atoms. The number of amides is 1. The Morgan fingerprint density at radius 1 is 1.53 bits per heavy atom. The number of hydrogen-bond acceptors (Lipinski definition) is 3. The second kappa shape index (κ2) is 8.49. The van der Waals surface area contributed by atoms with Crippen molar-refractivity contribution in [2.24, 2.45) is 12.8 Å². The molecule has 0 fully saturated rings. The number of guanidine groups is 1. The number of anilines is 1. The van der Waals surface area contributed by atoms with Crippen molar-refractivity contribution in [2.45, 2.75) is 13.0 Å². The molecule has 1 aromatic heterocycles. The predicted molar refractivity (Wildman–Crippen MR) is 81.2 cm³/mol. The third kappa shape index (κ3) is 6.21. The van der Waals surface area contributed by atoms with Crippen LogP contribution in [0.1, 0.15) is 17.4 Å². The largest absolute Gasteiger partial charge is 0.397 e. The number of nitrogens with one attached hydrogen (secondary N) is 3. The van der Waals surface area contributed by atoms with E-state index in [1.165, 1.54) is 0 Å². The summed E-state index contributed by atoms with van der Waals surface area (Å²) in [4.78, 5) is 11.8. The van der Waals surface area contributed by atoms with E-state index < -0.39 is 0 Å². The Labute approximate surface area is 124 Å².